The zero-order chi connectivity index (χ0) is 24.9. The topological polar surface area (TPSA) is 69.9 Å². The lowest BCUT2D eigenvalue weighted by atomic mass is 9.87. The van der Waals surface area contributed by atoms with Gasteiger partial charge in [-0.2, -0.15) is 0 Å². The van der Waals surface area contributed by atoms with Crippen LogP contribution in [0.3, 0.4) is 0 Å². The van der Waals surface area contributed by atoms with Gasteiger partial charge in [-0.3, -0.25) is 14.5 Å². The number of fused-ring (bicyclic) bond motifs is 1. The molecule has 35 heavy (non-hydrogen) atoms. The predicted octanol–water partition coefficient (Wildman–Crippen LogP) is 4.96. The second-order valence-corrected chi connectivity index (χ2v) is 10.4. The summed E-state index contributed by atoms with van der Waals surface area (Å²) in [5.41, 5.74) is 3.41. The molecule has 4 rings (SSSR count). The van der Waals surface area contributed by atoms with E-state index in [0.29, 0.717) is 37.1 Å². The number of anilines is 1. The first-order valence-electron chi connectivity index (χ1n) is 13.2. The molecule has 0 radical (unpaired) electrons. The SMILES string of the molecule is Cc1cc(C(=O)N2CCN(C(C)C)CCCN(C(=O)C3CCCCC3)c3c(C)cccc3C2)no1. The lowest BCUT2D eigenvalue weighted by molar-refractivity contribution is -0.123. The predicted molar refractivity (Wildman–Crippen MR) is 137 cm³/mol. The Kier molecular flexibility index (Phi) is 8.26. The molecule has 1 aliphatic carbocycles. The van der Waals surface area contributed by atoms with Crippen LogP contribution in [-0.2, 0) is 11.3 Å². The van der Waals surface area contributed by atoms with Crippen molar-refractivity contribution in [3.8, 4) is 0 Å². The number of carbonyl (C=O) groups is 2. The summed E-state index contributed by atoms with van der Waals surface area (Å²) in [6.45, 7) is 11.6. The molecule has 2 aromatic rings. The van der Waals surface area contributed by atoms with Gasteiger partial charge < -0.3 is 14.3 Å². The Balaban J connectivity index is 1.72. The van der Waals surface area contributed by atoms with Gasteiger partial charge in [0, 0.05) is 50.7 Å². The van der Waals surface area contributed by atoms with Crippen molar-refractivity contribution in [1.82, 2.24) is 15.0 Å². The van der Waals surface area contributed by atoms with Crippen molar-refractivity contribution in [1.29, 1.82) is 0 Å². The minimum atomic E-state index is -0.137. The van der Waals surface area contributed by atoms with Gasteiger partial charge in [0.05, 0.1) is 5.69 Å². The van der Waals surface area contributed by atoms with E-state index < -0.39 is 0 Å². The Morgan fingerprint density at radius 3 is 2.46 bits per heavy atom. The first-order valence-corrected chi connectivity index (χ1v) is 13.2. The number of para-hydroxylation sites is 1. The summed E-state index contributed by atoms with van der Waals surface area (Å²) in [6.07, 6.45) is 6.34. The van der Waals surface area contributed by atoms with Crippen LogP contribution >= 0.6 is 0 Å². The molecular weight excluding hydrogens is 440 g/mol. The lowest BCUT2D eigenvalue weighted by Gasteiger charge is -2.33. The summed E-state index contributed by atoms with van der Waals surface area (Å²) in [7, 11) is 0. The van der Waals surface area contributed by atoms with Crippen molar-refractivity contribution < 1.29 is 14.1 Å². The fourth-order valence-electron chi connectivity index (χ4n) is 5.53. The maximum absolute atomic E-state index is 13.9. The molecule has 0 N–H and O–H groups in total. The largest absolute Gasteiger partial charge is 0.361 e. The van der Waals surface area contributed by atoms with Gasteiger partial charge in [-0.05, 0) is 58.1 Å². The molecule has 2 aliphatic rings. The van der Waals surface area contributed by atoms with Crippen LogP contribution in [0.4, 0.5) is 5.69 Å². The molecule has 0 saturated heterocycles. The van der Waals surface area contributed by atoms with Crippen molar-refractivity contribution >= 4 is 17.5 Å². The van der Waals surface area contributed by atoms with E-state index in [9.17, 15) is 9.59 Å². The molecule has 0 spiro atoms. The quantitative estimate of drug-likeness (QED) is 0.621. The first kappa shape index (κ1) is 25.4. The number of rotatable bonds is 3. The van der Waals surface area contributed by atoms with Gasteiger partial charge in [0.1, 0.15) is 5.76 Å². The van der Waals surface area contributed by atoms with E-state index in [1.165, 1.54) is 6.42 Å². The number of aromatic nitrogens is 1. The van der Waals surface area contributed by atoms with Crippen molar-refractivity contribution in [2.24, 2.45) is 5.92 Å². The number of hydrogen-bond acceptors (Lipinski definition) is 5. The number of benzene rings is 1. The Bertz CT molecular complexity index is 1020. The fraction of sp³-hybridized carbons (Fsp3) is 0.607. The molecule has 1 aliphatic heterocycles. The summed E-state index contributed by atoms with van der Waals surface area (Å²) in [5.74, 6) is 0.830. The highest BCUT2D eigenvalue weighted by Gasteiger charge is 2.31. The van der Waals surface area contributed by atoms with Gasteiger partial charge >= 0.3 is 0 Å². The second-order valence-electron chi connectivity index (χ2n) is 10.4. The van der Waals surface area contributed by atoms with Crippen LogP contribution in [-0.4, -0.2) is 59.0 Å². The van der Waals surface area contributed by atoms with Crippen LogP contribution in [0, 0.1) is 19.8 Å². The highest BCUT2D eigenvalue weighted by Crippen LogP contribution is 2.32. The Hall–Kier alpha value is -2.67. The van der Waals surface area contributed by atoms with E-state index in [4.69, 9.17) is 4.52 Å². The van der Waals surface area contributed by atoms with Crippen molar-refractivity contribution in [2.75, 3.05) is 31.1 Å². The van der Waals surface area contributed by atoms with Gasteiger partial charge in [0.2, 0.25) is 5.91 Å². The number of aryl methyl sites for hydroxylation is 2. The van der Waals surface area contributed by atoms with E-state index in [1.54, 1.807) is 13.0 Å². The molecule has 1 aromatic carbocycles. The van der Waals surface area contributed by atoms with Crippen molar-refractivity contribution in [3.05, 3.63) is 46.8 Å². The maximum atomic E-state index is 13.9. The molecule has 2 amide bonds. The third kappa shape index (κ3) is 5.95. The Morgan fingerprint density at radius 2 is 1.77 bits per heavy atom. The summed E-state index contributed by atoms with van der Waals surface area (Å²) in [4.78, 5) is 33.7. The first-order chi connectivity index (χ1) is 16.8. The molecule has 0 atom stereocenters. The summed E-state index contributed by atoms with van der Waals surface area (Å²) < 4.78 is 5.20. The van der Waals surface area contributed by atoms with E-state index >= 15 is 0 Å². The average Bonchev–Trinajstić information content (AvgIpc) is 3.27. The van der Waals surface area contributed by atoms with Gasteiger partial charge in [-0.25, -0.2) is 0 Å². The van der Waals surface area contributed by atoms with Crippen molar-refractivity contribution in [2.45, 2.75) is 78.8 Å². The standard InChI is InChI=1S/C28H40N4O3/c1-20(2)30-14-9-15-32(27(33)23-11-6-5-7-12-23)26-21(3)10-8-13-24(26)19-31(17-16-30)28(34)25-18-22(4)35-29-25/h8,10,13,18,20,23H,5-7,9,11-12,14-17,19H2,1-4H3. The lowest BCUT2D eigenvalue weighted by Crippen LogP contribution is -2.41. The molecule has 1 fully saturated rings. The van der Waals surface area contributed by atoms with E-state index in [0.717, 1.165) is 62.0 Å². The number of carbonyl (C=O) groups excluding carboxylic acids is 2. The Labute approximate surface area is 209 Å². The number of nitrogens with zero attached hydrogens (tertiary/aromatic N) is 4. The molecule has 0 unspecified atom stereocenters. The molecule has 1 aromatic heterocycles. The average molecular weight is 481 g/mol. The smallest absolute Gasteiger partial charge is 0.276 e. The summed E-state index contributed by atoms with van der Waals surface area (Å²) >= 11 is 0. The third-order valence-electron chi connectivity index (χ3n) is 7.52. The summed E-state index contributed by atoms with van der Waals surface area (Å²) in [5, 5.41) is 3.99. The number of hydrogen-bond donors (Lipinski definition) is 0. The van der Waals surface area contributed by atoms with Crippen LogP contribution in [0.15, 0.2) is 28.8 Å². The molecule has 7 nitrogen and oxygen atoms in total. The molecular formula is C28H40N4O3. The molecule has 1 saturated carbocycles. The summed E-state index contributed by atoms with van der Waals surface area (Å²) in [6, 6.07) is 8.22. The second kappa shape index (κ2) is 11.4. The van der Waals surface area contributed by atoms with Gasteiger partial charge in [-0.15, -0.1) is 0 Å². The van der Waals surface area contributed by atoms with Crippen LogP contribution in [0.5, 0.6) is 0 Å². The van der Waals surface area contributed by atoms with E-state index in [-0.39, 0.29) is 17.7 Å². The number of amides is 2. The zero-order valence-corrected chi connectivity index (χ0v) is 21.8. The minimum absolute atomic E-state index is 0.0957. The minimum Gasteiger partial charge on any atom is -0.361 e. The Morgan fingerprint density at radius 1 is 1.00 bits per heavy atom. The highest BCUT2D eigenvalue weighted by molar-refractivity contribution is 5.97. The van der Waals surface area contributed by atoms with Gasteiger partial charge in [0.15, 0.2) is 5.69 Å². The molecule has 2 heterocycles. The van der Waals surface area contributed by atoms with Crippen LogP contribution in [0.1, 0.15) is 79.7 Å². The van der Waals surface area contributed by atoms with Crippen LogP contribution in [0.25, 0.3) is 0 Å². The molecule has 0 bridgehead atoms. The zero-order valence-electron chi connectivity index (χ0n) is 21.8. The van der Waals surface area contributed by atoms with Gasteiger partial charge in [-0.1, -0.05) is 42.6 Å². The van der Waals surface area contributed by atoms with Crippen LogP contribution < -0.4 is 4.90 Å². The maximum Gasteiger partial charge on any atom is 0.276 e. The molecule has 7 heteroatoms. The molecule has 190 valence electrons. The van der Waals surface area contributed by atoms with E-state index in [2.05, 4.69) is 43.0 Å². The van der Waals surface area contributed by atoms with Crippen molar-refractivity contribution in [3.63, 3.8) is 0 Å². The van der Waals surface area contributed by atoms with Crippen LogP contribution in [0.2, 0.25) is 0 Å². The monoisotopic (exact) mass is 480 g/mol. The highest BCUT2D eigenvalue weighted by atomic mass is 16.5. The third-order valence-corrected chi connectivity index (χ3v) is 7.52. The fourth-order valence-corrected chi connectivity index (χ4v) is 5.53. The van der Waals surface area contributed by atoms with E-state index in [1.807, 2.05) is 15.9 Å². The van der Waals surface area contributed by atoms with Gasteiger partial charge in [0.25, 0.3) is 5.91 Å². The normalized spacial score (nSPS) is 18.9.